The Morgan fingerprint density at radius 3 is 2.52 bits per heavy atom. The second-order valence-electron chi connectivity index (χ2n) is 7.89. The maximum absolute atomic E-state index is 14.8. The van der Waals surface area contributed by atoms with Crippen LogP contribution in [0.4, 0.5) is 13.6 Å². The van der Waals surface area contributed by atoms with Gasteiger partial charge in [-0.15, -0.1) is 0 Å². The molecule has 0 radical (unpaired) electrons. The van der Waals surface area contributed by atoms with E-state index in [0.717, 1.165) is 5.56 Å². The average molecular weight is 375 g/mol. The number of ether oxygens (including phenoxy) is 1. The first kappa shape index (κ1) is 19.1. The van der Waals surface area contributed by atoms with Gasteiger partial charge in [-0.05, 0) is 66.6 Å². The lowest BCUT2D eigenvalue weighted by Gasteiger charge is -2.27. The molecule has 2 aromatic carbocycles. The highest BCUT2D eigenvalue weighted by molar-refractivity contribution is 5.69. The smallest absolute Gasteiger partial charge is 0.405 e. The normalized spacial score (nSPS) is 17.7. The Hall–Kier alpha value is -2.63. The molecule has 2 N–H and O–H groups in total. The van der Waals surface area contributed by atoms with Crippen molar-refractivity contribution in [3.63, 3.8) is 0 Å². The monoisotopic (exact) mass is 375 g/mol. The number of carbonyl (C=O) groups is 1. The van der Waals surface area contributed by atoms with Gasteiger partial charge in [0, 0.05) is 5.56 Å². The van der Waals surface area contributed by atoms with Crippen molar-refractivity contribution in [2.45, 2.75) is 46.3 Å². The van der Waals surface area contributed by atoms with E-state index < -0.39 is 23.8 Å². The Balaban J connectivity index is 2.01. The standard InChI is InChI=1S/C21H23F2NO3/c1-11(2)27-18-6-5-12(8-17(18)23)14-7-13-10-21(3,4)19(24-20(25)26)15(13)9-16(14)22/h5-9,11,19,24H,10H2,1-4H3,(H,25,26)/t19-/m0/s1. The zero-order chi connectivity index (χ0) is 19.9. The molecule has 4 nitrogen and oxygen atoms in total. The number of benzene rings is 2. The number of hydrogen-bond donors (Lipinski definition) is 2. The third kappa shape index (κ3) is 3.75. The summed E-state index contributed by atoms with van der Waals surface area (Å²) in [6.07, 6.45) is -0.714. The van der Waals surface area contributed by atoms with Crippen LogP contribution in [0, 0.1) is 17.0 Å². The highest BCUT2D eigenvalue weighted by Crippen LogP contribution is 2.47. The number of hydrogen-bond acceptors (Lipinski definition) is 2. The minimum atomic E-state index is -1.15. The van der Waals surface area contributed by atoms with E-state index in [1.165, 1.54) is 18.2 Å². The second kappa shape index (κ2) is 6.83. The fourth-order valence-electron chi connectivity index (χ4n) is 3.70. The van der Waals surface area contributed by atoms with Crippen LogP contribution < -0.4 is 10.1 Å². The second-order valence-corrected chi connectivity index (χ2v) is 7.89. The van der Waals surface area contributed by atoms with Gasteiger partial charge in [0.25, 0.3) is 0 Å². The lowest BCUT2D eigenvalue weighted by molar-refractivity contribution is 0.175. The first-order chi connectivity index (χ1) is 12.6. The van der Waals surface area contributed by atoms with Gasteiger partial charge in [-0.1, -0.05) is 19.9 Å². The van der Waals surface area contributed by atoms with E-state index in [0.29, 0.717) is 17.5 Å². The lowest BCUT2D eigenvalue weighted by atomic mass is 9.85. The molecule has 3 rings (SSSR count). The largest absolute Gasteiger partial charge is 0.488 e. The molecule has 27 heavy (non-hydrogen) atoms. The van der Waals surface area contributed by atoms with Crippen LogP contribution in [0.3, 0.4) is 0 Å². The maximum atomic E-state index is 14.8. The maximum Gasteiger partial charge on any atom is 0.405 e. The van der Waals surface area contributed by atoms with Gasteiger partial charge in [-0.3, -0.25) is 0 Å². The van der Waals surface area contributed by atoms with E-state index in [2.05, 4.69) is 5.32 Å². The lowest BCUT2D eigenvalue weighted by Crippen LogP contribution is -2.34. The highest BCUT2D eigenvalue weighted by atomic mass is 19.1. The van der Waals surface area contributed by atoms with Crippen LogP contribution in [-0.2, 0) is 6.42 Å². The van der Waals surface area contributed by atoms with E-state index in [9.17, 15) is 13.6 Å². The van der Waals surface area contributed by atoms with Crippen molar-refractivity contribution in [2.24, 2.45) is 5.41 Å². The predicted octanol–water partition coefficient (Wildman–Crippen LogP) is 5.31. The van der Waals surface area contributed by atoms with Crippen molar-refractivity contribution >= 4 is 6.09 Å². The van der Waals surface area contributed by atoms with Crippen LogP contribution in [0.5, 0.6) is 5.75 Å². The van der Waals surface area contributed by atoms with Gasteiger partial charge >= 0.3 is 6.09 Å². The number of rotatable bonds is 4. The average Bonchev–Trinajstić information content (AvgIpc) is 2.78. The van der Waals surface area contributed by atoms with E-state index in [-0.39, 0.29) is 22.8 Å². The SMILES string of the molecule is CC(C)Oc1ccc(-c2cc3c(cc2F)[C@H](NC(=O)O)C(C)(C)C3)cc1F. The van der Waals surface area contributed by atoms with Gasteiger partial charge in [0.15, 0.2) is 11.6 Å². The summed E-state index contributed by atoms with van der Waals surface area (Å²) in [5.74, 6) is -0.936. The van der Waals surface area contributed by atoms with Crippen molar-refractivity contribution in [3.05, 3.63) is 53.1 Å². The first-order valence-corrected chi connectivity index (χ1v) is 8.87. The summed E-state index contributed by atoms with van der Waals surface area (Å²) in [5.41, 5.74) is 1.81. The molecule has 0 heterocycles. The van der Waals surface area contributed by atoms with Crippen LogP contribution in [-0.4, -0.2) is 17.3 Å². The molecule has 1 atom stereocenters. The van der Waals surface area contributed by atoms with Crippen molar-refractivity contribution < 1.29 is 23.4 Å². The molecule has 2 aromatic rings. The van der Waals surface area contributed by atoms with Crippen molar-refractivity contribution in [2.75, 3.05) is 0 Å². The fraction of sp³-hybridized carbons (Fsp3) is 0.381. The zero-order valence-corrected chi connectivity index (χ0v) is 15.8. The Labute approximate surface area is 157 Å². The van der Waals surface area contributed by atoms with Crippen molar-refractivity contribution in [1.82, 2.24) is 5.32 Å². The summed E-state index contributed by atoms with van der Waals surface area (Å²) in [6, 6.07) is 6.93. The van der Waals surface area contributed by atoms with Crippen LogP contribution >= 0.6 is 0 Å². The third-order valence-corrected chi connectivity index (χ3v) is 4.84. The Morgan fingerprint density at radius 2 is 1.93 bits per heavy atom. The molecule has 0 bridgehead atoms. The molecule has 1 aliphatic carbocycles. The number of carboxylic acid groups (broad SMARTS) is 1. The van der Waals surface area contributed by atoms with Gasteiger partial charge in [0.2, 0.25) is 0 Å². The predicted molar refractivity (Wildman–Crippen MR) is 98.9 cm³/mol. The molecular weight excluding hydrogens is 352 g/mol. The summed E-state index contributed by atoms with van der Waals surface area (Å²) in [6.45, 7) is 7.47. The molecule has 0 aromatic heterocycles. The summed E-state index contributed by atoms with van der Waals surface area (Å²) in [5, 5.41) is 11.6. The molecule has 144 valence electrons. The van der Waals surface area contributed by atoms with Gasteiger partial charge < -0.3 is 15.2 Å². The molecule has 1 amide bonds. The number of halogens is 2. The van der Waals surface area contributed by atoms with E-state index in [1.54, 1.807) is 26.0 Å². The van der Waals surface area contributed by atoms with Gasteiger partial charge in [-0.2, -0.15) is 0 Å². The first-order valence-electron chi connectivity index (χ1n) is 8.87. The van der Waals surface area contributed by atoms with Gasteiger partial charge in [-0.25, -0.2) is 13.6 Å². The summed E-state index contributed by atoms with van der Waals surface area (Å²) in [4.78, 5) is 11.1. The minimum absolute atomic E-state index is 0.127. The summed E-state index contributed by atoms with van der Waals surface area (Å²) < 4.78 is 34.5. The topological polar surface area (TPSA) is 58.6 Å². The number of fused-ring (bicyclic) bond motifs is 1. The molecule has 1 aliphatic rings. The van der Waals surface area contributed by atoms with E-state index in [4.69, 9.17) is 9.84 Å². The van der Waals surface area contributed by atoms with Crippen molar-refractivity contribution in [3.8, 4) is 16.9 Å². The van der Waals surface area contributed by atoms with Gasteiger partial charge in [0.05, 0.1) is 12.1 Å². The Morgan fingerprint density at radius 1 is 1.22 bits per heavy atom. The molecule has 0 fully saturated rings. The van der Waals surface area contributed by atoms with Crippen LogP contribution in [0.15, 0.2) is 30.3 Å². The summed E-state index contributed by atoms with van der Waals surface area (Å²) >= 11 is 0. The molecular formula is C21H23F2NO3. The number of amides is 1. The zero-order valence-electron chi connectivity index (χ0n) is 15.8. The fourth-order valence-corrected chi connectivity index (χ4v) is 3.70. The summed E-state index contributed by atoms with van der Waals surface area (Å²) in [7, 11) is 0. The molecule has 0 unspecified atom stereocenters. The van der Waals surface area contributed by atoms with Gasteiger partial charge in [0.1, 0.15) is 5.82 Å². The molecule has 0 saturated carbocycles. The number of nitrogens with one attached hydrogen (secondary N) is 1. The molecule has 6 heteroatoms. The highest BCUT2D eigenvalue weighted by Gasteiger charge is 2.40. The Bertz CT molecular complexity index is 893. The Kier molecular flexibility index (Phi) is 4.84. The molecule has 0 saturated heterocycles. The van der Waals surface area contributed by atoms with E-state index in [1.807, 2.05) is 13.8 Å². The van der Waals surface area contributed by atoms with Crippen LogP contribution in [0.25, 0.3) is 11.1 Å². The quantitative estimate of drug-likeness (QED) is 0.761. The van der Waals surface area contributed by atoms with Crippen LogP contribution in [0.1, 0.15) is 44.9 Å². The van der Waals surface area contributed by atoms with Crippen LogP contribution in [0.2, 0.25) is 0 Å². The third-order valence-electron chi connectivity index (χ3n) is 4.84. The minimum Gasteiger partial charge on any atom is -0.488 e. The van der Waals surface area contributed by atoms with E-state index >= 15 is 0 Å². The molecule has 0 aliphatic heterocycles. The van der Waals surface area contributed by atoms with Crippen molar-refractivity contribution in [1.29, 1.82) is 0 Å². The molecule has 0 spiro atoms.